The van der Waals surface area contributed by atoms with Crippen molar-refractivity contribution in [2.45, 2.75) is 40.2 Å². The van der Waals surface area contributed by atoms with Gasteiger partial charge in [0.25, 0.3) is 0 Å². The Morgan fingerprint density at radius 1 is 1.27 bits per heavy atom. The van der Waals surface area contributed by atoms with Gasteiger partial charge in [0.2, 0.25) is 0 Å². The van der Waals surface area contributed by atoms with Crippen molar-refractivity contribution in [1.29, 1.82) is 0 Å². The molecular weight excluding hydrogens is 193 g/mol. The number of carbonyl (C=O) groups is 1. The Balaban J connectivity index is 0. The van der Waals surface area contributed by atoms with Crippen molar-refractivity contribution in [2.24, 2.45) is 5.92 Å². The number of ether oxygens (including phenoxy) is 1. The largest absolute Gasteiger partial charge is 0.463 e. The van der Waals surface area contributed by atoms with Crippen LogP contribution in [0.5, 0.6) is 0 Å². The second-order valence-electron chi connectivity index (χ2n) is 3.14. The van der Waals surface area contributed by atoms with Crippen LogP contribution in [0.3, 0.4) is 0 Å². The summed E-state index contributed by atoms with van der Waals surface area (Å²) in [6.45, 7) is 7.72. The van der Waals surface area contributed by atoms with Gasteiger partial charge in [0, 0.05) is 25.9 Å². The monoisotopic (exact) mass is 208 g/mol. The topological polar surface area (TPSA) is 26.3 Å². The normalized spacial score (nSPS) is 9.64. The summed E-state index contributed by atoms with van der Waals surface area (Å²) in [7, 11) is 0. The van der Waals surface area contributed by atoms with Gasteiger partial charge in [0.05, 0.1) is 6.10 Å². The van der Waals surface area contributed by atoms with Crippen LogP contribution in [0.15, 0.2) is 0 Å². The van der Waals surface area contributed by atoms with E-state index in [9.17, 15) is 4.79 Å². The molecule has 0 fully saturated rings. The van der Waals surface area contributed by atoms with E-state index in [1.807, 2.05) is 27.7 Å². The van der Waals surface area contributed by atoms with E-state index in [-0.39, 0.29) is 31.6 Å². The molecular formula is C8H16O2Zn. The molecule has 0 spiro atoms. The van der Waals surface area contributed by atoms with Crippen LogP contribution >= 0.6 is 0 Å². The summed E-state index contributed by atoms with van der Waals surface area (Å²) in [6.07, 6.45) is 0.546. The third-order valence-corrected chi connectivity index (χ3v) is 0.942. The van der Waals surface area contributed by atoms with Gasteiger partial charge in [-0.25, -0.2) is 0 Å². The molecule has 0 unspecified atom stereocenters. The van der Waals surface area contributed by atoms with E-state index < -0.39 is 0 Å². The molecule has 0 rings (SSSR count). The molecule has 0 aliphatic heterocycles. The van der Waals surface area contributed by atoms with Gasteiger partial charge < -0.3 is 4.74 Å². The fourth-order valence-corrected chi connectivity index (χ4v) is 0.644. The Kier molecular flexibility index (Phi) is 8.43. The number of rotatable bonds is 3. The van der Waals surface area contributed by atoms with Crippen molar-refractivity contribution >= 4 is 5.97 Å². The minimum atomic E-state index is -0.0926. The molecule has 0 aromatic rings. The molecule has 0 aliphatic carbocycles. The van der Waals surface area contributed by atoms with Crippen molar-refractivity contribution in [3.63, 3.8) is 0 Å². The van der Waals surface area contributed by atoms with Gasteiger partial charge in [-0.15, -0.1) is 0 Å². The molecule has 3 heteroatoms. The van der Waals surface area contributed by atoms with Crippen molar-refractivity contribution in [2.75, 3.05) is 0 Å². The summed E-state index contributed by atoms with van der Waals surface area (Å²) in [5.41, 5.74) is 0. The maximum Gasteiger partial charge on any atom is 0.306 e. The number of carbonyl (C=O) groups excluding carboxylic acids is 1. The summed E-state index contributed by atoms with van der Waals surface area (Å²) >= 11 is 0. The standard InChI is InChI=1S/C8H16O2.Zn/c1-6(2)5-8(9)10-7(3)4;/h6-7H,5H2,1-4H3;. The average molecular weight is 210 g/mol. The molecule has 0 aromatic carbocycles. The molecule has 0 aromatic heterocycles. The molecule has 0 aliphatic rings. The molecule has 0 saturated heterocycles. The quantitative estimate of drug-likeness (QED) is 0.525. The van der Waals surface area contributed by atoms with E-state index in [4.69, 9.17) is 4.74 Å². The maximum absolute atomic E-state index is 10.8. The van der Waals surface area contributed by atoms with Crippen molar-refractivity contribution in [1.82, 2.24) is 0 Å². The minimum absolute atomic E-state index is 0. The maximum atomic E-state index is 10.8. The molecule has 2 nitrogen and oxygen atoms in total. The predicted molar refractivity (Wildman–Crippen MR) is 40.7 cm³/mol. The van der Waals surface area contributed by atoms with E-state index in [0.717, 1.165) is 0 Å². The SMILES string of the molecule is CC(C)CC(=O)OC(C)C.[Zn]. The van der Waals surface area contributed by atoms with Crippen molar-refractivity contribution in [3.05, 3.63) is 0 Å². The van der Waals surface area contributed by atoms with Crippen LogP contribution < -0.4 is 0 Å². The molecule has 0 N–H and O–H groups in total. The first-order valence-corrected chi connectivity index (χ1v) is 3.72. The van der Waals surface area contributed by atoms with Crippen LogP contribution in [0.4, 0.5) is 0 Å². The molecule has 0 atom stereocenters. The first-order valence-electron chi connectivity index (χ1n) is 3.72. The summed E-state index contributed by atoms with van der Waals surface area (Å²) < 4.78 is 4.92. The molecule has 62 valence electrons. The summed E-state index contributed by atoms with van der Waals surface area (Å²) in [4.78, 5) is 10.8. The van der Waals surface area contributed by atoms with Gasteiger partial charge in [0.1, 0.15) is 0 Å². The molecule has 11 heavy (non-hydrogen) atoms. The Bertz CT molecular complexity index is 98.7. The van der Waals surface area contributed by atoms with Gasteiger partial charge in [0.15, 0.2) is 0 Å². The second kappa shape index (κ2) is 6.78. The summed E-state index contributed by atoms with van der Waals surface area (Å²) in [5, 5.41) is 0. The van der Waals surface area contributed by atoms with E-state index in [1.54, 1.807) is 0 Å². The van der Waals surface area contributed by atoms with Crippen LogP contribution in [0.25, 0.3) is 0 Å². The Hall–Kier alpha value is 0.0934. The van der Waals surface area contributed by atoms with Crippen LogP contribution in [-0.4, -0.2) is 12.1 Å². The smallest absolute Gasteiger partial charge is 0.306 e. The van der Waals surface area contributed by atoms with Gasteiger partial charge in [-0.2, -0.15) is 0 Å². The molecule has 0 bridgehead atoms. The van der Waals surface area contributed by atoms with Crippen molar-refractivity contribution < 1.29 is 29.0 Å². The van der Waals surface area contributed by atoms with Crippen LogP contribution in [-0.2, 0) is 29.0 Å². The zero-order chi connectivity index (χ0) is 8.15. The third-order valence-electron chi connectivity index (χ3n) is 0.942. The Labute approximate surface area is 81.5 Å². The summed E-state index contributed by atoms with van der Waals surface area (Å²) in [5.74, 6) is 0.302. The van der Waals surface area contributed by atoms with Gasteiger partial charge >= 0.3 is 5.97 Å². The number of hydrogen-bond donors (Lipinski definition) is 0. The van der Waals surface area contributed by atoms with E-state index in [1.165, 1.54) is 0 Å². The number of esters is 1. The molecule has 0 saturated carbocycles. The van der Waals surface area contributed by atoms with Crippen molar-refractivity contribution in [3.8, 4) is 0 Å². The van der Waals surface area contributed by atoms with Gasteiger partial charge in [-0.1, -0.05) is 13.8 Å². The Morgan fingerprint density at radius 3 is 2.00 bits per heavy atom. The first kappa shape index (κ1) is 13.7. The van der Waals surface area contributed by atoms with Crippen LogP contribution in [0.1, 0.15) is 34.1 Å². The van der Waals surface area contributed by atoms with E-state index in [0.29, 0.717) is 12.3 Å². The zero-order valence-corrected chi connectivity index (χ0v) is 10.9. The van der Waals surface area contributed by atoms with Gasteiger partial charge in [-0.05, 0) is 19.8 Å². The first-order chi connectivity index (χ1) is 4.52. The molecule has 0 heterocycles. The Morgan fingerprint density at radius 2 is 1.73 bits per heavy atom. The second-order valence-corrected chi connectivity index (χ2v) is 3.14. The van der Waals surface area contributed by atoms with Gasteiger partial charge in [-0.3, -0.25) is 4.79 Å². The third kappa shape index (κ3) is 10.1. The average Bonchev–Trinajstić information content (AvgIpc) is 1.58. The molecule has 0 amide bonds. The molecule has 0 radical (unpaired) electrons. The van der Waals surface area contributed by atoms with Crippen LogP contribution in [0.2, 0.25) is 0 Å². The minimum Gasteiger partial charge on any atom is -0.463 e. The number of hydrogen-bond acceptors (Lipinski definition) is 2. The fourth-order valence-electron chi connectivity index (χ4n) is 0.644. The fraction of sp³-hybridized carbons (Fsp3) is 0.875. The van der Waals surface area contributed by atoms with E-state index in [2.05, 4.69) is 0 Å². The van der Waals surface area contributed by atoms with E-state index >= 15 is 0 Å². The zero-order valence-electron chi connectivity index (χ0n) is 7.89. The predicted octanol–water partition coefficient (Wildman–Crippen LogP) is 1.98. The summed E-state index contributed by atoms with van der Waals surface area (Å²) in [6, 6.07) is 0. The van der Waals surface area contributed by atoms with Crippen LogP contribution in [0, 0.1) is 5.92 Å².